The van der Waals surface area contributed by atoms with Gasteiger partial charge in [0, 0.05) is 36.4 Å². The molecule has 0 aliphatic carbocycles. The lowest BCUT2D eigenvalue weighted by molar-refractivity contribution is -0.129. The molecule has 184 valence electrons. The number of carbonyl (C=O) groups is 2. The van der Waals surface area contributed by atoms with Crippen LogP contribution < -0.4 is 22.1 Å². The SMILES string of the molecule is CC(C)C1(N2CC(=C=O)C[C@@H]2C(=O)N[C@H](C=O)CCCN=C(N)N)NCC(C)(C)S1.Cl.Cl. The van der Waals surface area contributed by atoms with Crippen molar-refractivity contribution in [1.82, 2.24) is 15.5 Å². The van der Waals surface area contributed by atoms with Crippen LogP contribution in [0.2, 0.25) is 0 Å². The fourth-order valence-corrected chi connectivity index (χ4v) is 5.68. The zero-order chi connectivity index (χ0) is 22.5. The number of aldehydes is 1. The van der Waals surface area contributed by atoms with E-state index in [4.69, 9.17) is 11.5 Å². The lowest BCUT2D eigenvalue weighted by Crippen LogP contribution is -2.62. The van der Waals surface area contributed by atoms with Gasteiger partial charge in [-0.3, -0.25) is 20.0 Å². The molecule has 2 aliphatic heterocycles. The number of thioether (sulfide) groups is 1. The Morgan fingerprint density at radius 3 is 2.53 bits per heavy atom. The van der Waals surface area contributed by atoms with Crippen LogP contribution in [0, 0.1) is 5.92 Å². The first-order chi connectivity index (χ1) is 14.0. The monoisotopic (exact) mass is 510 g/mol. The number of hydrogen-bond donors (Lipinski definition) is 4. The second-order valence-electron chi connectivity index (χ2n) is 8.82. The third kappa shape index (κ3) is 7.37. The zero-order valence-corrected chi connectivity index (χ0v) is 21.5. The van der Waals surface area contributed by atoms with Gasteiger partial charge in [0.2, 0.25) is 5.91 Å². The second kappa shape index (κ2) is 12.8. The molecule has 2 heterocycles. The Kier molecular flexibility index (Phi) is 12.3. The van der Waals surface area contributed by atoms with Crippen molar-refractivity contribution in [2.24, 2.45) is 22.4 Å². The van der Waals surface area contributed by atoms with Gasteiger partial charge in [-0.25, -0.2) is 4.79 Å². The van der Waals surface area contributed by atoms with Crippen molar-refractivity contribution in [3.63, 3.8) is 0 Å². The Labute approximate surface area is 206 Å². The first kappa shape index (κ1) is 30.7. The maximum atomic E-state index is 13.2. The minimum Gasteiger partial charge on any atom is -0.370 e. The molecule has 0 aromatic heterocycles. The van der Waals surface area contributed by atoms with Crippen molar-refractivity contribution >= 4 is 60.7 Å². The van der Waals surface area contributed by atoms with Gasteiger partial charge in [-0.1, -0.05) is 13.8 Å². The fraction of sp³-hybridized carbons (Fsp3) is 0.750. The lowest BCUT2D eigenvalue weighted by Gasteiger charge is -2.44. The quantitative estimate of drug-likeness (QED) is 0.117. The number of nitrogens with zero attached hydrogens (tertiary/aromatic N) is 2. The van der Waals surface area contributed by atoms with Crippen molar-refractivity contribution in [2.45, 2.75) is 68.8 Å². The molecule has 32 heavy (non-hydrogen) atoms. The summed E-state index contributed by atoms with van der Waals surface area (Å²) in [6.45, 7) is 10.1. The number of likely N-dealkylation sites (tertiary alicyclic amines) is 1. The van der Waals surface area contributed by atoms with Gasteiger partial charge in [-0.2, -0.15) is 0 Å². The van der Waals surface area contributed by atoms with E-state index in [9.17, 15) is 14.4 Å². The first-order valence-corrected chi connectivity index (χ1v) is 11.1. The van der Waals surface area contributed by atoms with E-state index in [0.29, 0.717) is 37.9 Å². The highest BCUT2D eigenvalue weighted by Crippen LogP contribution is 2.49. The minimum atomic E-state index is -0.631. The molecule has 9 nitrogen and oxygen atoms in total. The molecule has 0 spiro atoms. The zero-order valence-electron chi connectivity index (χ0n) is 19.1. The van der Waals surface area contributed by atoms with E-state index in [-0.39, 0.29) is 47.3 Å². The molecule has 0 saturated carbocycles. The van der Waals surface area contributed by atoms with Gasteiger partial charge in [0.05, 0.1) is 12.1 Å². The number of halogens is 2. The normalized spacial score (nSPS) is 25.3. The van der Waals surface area contributed by atoms with Crippen LogP contribution in [0.15, 0.2) is 10.6 Å². The minimum absolute atomic E-state index is 0. The number of nitrogens with two attached hydrogens (primary N) is 2. The fourth-order valence-electron chi connectivity index (χ4n) is 4.00. The standard InChI is InChI=1S/C20H34N6O3S.2ClH/c1-13(2)20(24-12-19(3,4)30-20)26-9-14(10-27)8-16(26)17(29)25-15(11-28)6-5-7-23-18(21)22;;/h11,13,15-16,24H,5-9,12H2,1-4H3,(H,25,29)(H4,21,22,23);2*1H/t15-,16+,20?;;/m0../s1. The summed E-state index contributed by atoms with van der Waals surface area (Å²) < 4.78 is -0.00434. The maximum absolute atomic E-state index is 13.2. The first-order valence-electron chi connectivity index (χ1n) is 10.3. The average Bonchev–Trinajstić information content (AvgIpc) is 3.25. The number of hydrogen-bond acceptors (Lipinski definition) is 7. The molecule has 12 heteroatoms. The number of rotatable bonds is 9. The van der Waals surface area contributed by atoms with Crippen molar-refractivity contribution < 1.29 is 14.4 Å². The number of nitrogens with one attached hydrogen (secondary N) is 2. The van der Waals surface area contributed by atoms with Gasteiger partial charge in [-0.15, -0.1) is 36.6 Å². The second-order valence-corrected chi connectivity index (χ2v) is 10.8. The molecule has 0 radical (unpaired) electrons. The Morgan fingerprint density at radius 2 is 2.06 bits per heavy atom. The topological polar surface area (TPSA) is 143 Å². The summed E-state index contributed by atoms with van der Waals surface area (Å²) >= 11 is 1.78. The number of aliphatic imine (C=N–C) groups is 1. The van der Waals surface area contributed by atoms with E-state index in [1.807, 2.05) is 5.94 Å². The molecule has 2 aliphatic rings. The van der Waals surface area contributed by atoms with Crippen molar-refractivity contribution in [3.05, 3.63) is 5.57 Å². The van der Waals surface area contributed by atoms with Crippen LogP contribution in [0.4, 0.5) is 0 Å². The molecule has 0 aromatic carbocycles. The summed E-state index contributed by atoms with van der Waals surface area (Å²) in [5.74, 6) is 1.93. The lowest BCUT2D eigenvalue weighted by atomic mass is 10.1. The number of guanidine groups is 1. The van der Waals surface area contributed by atoms with Crippen molar-refractivity contribution in [2.75, 3.05) is 19.6 Å². The molecule has 0 aromatic rings. The van der Waals surface area contributed by atoms with E-state index in [1.54, 1.807) is 11.8 Å². The predicted octanol–water partition coefficient (Wildman–Crippen LogP) is 0.824. The Balaban J connectivity index is 0.00000480. The van der Waals surface area contributed by atoms with Gasteiger partial charge < -0.3 is 21.6 Å². The van der Waals surface area contributed by atoms with E-state index in [2.05, 4.69) is 48.2 Å². The Morgan fingerprint density at radius 1 is 1.41 bits per heavy atom. The third-order valence-electron chi connectivity index (χ3n) is 5.49. The van der Waals surface area contributed by atoms with Gasteiger partial charge in [0.25, 0.3) is 0 Å². The van der Waals surface area contributed by atoms with Gasteiger partial charge >= 0.3 is 0 Å². The van der Waals surface area contributed by atoms with E-state index in [1.165, 1.54) is 0 Å². The molecular formula is C20H36Cl2N6O3S. The third-order valence-corrected chi connectivity index (χ3v) is 7.35. The number of carbonyl (C=O) groups excluding carboxylic acids is 3. The van der Waals surface area contributed by atoms with Crippen LogP contribution in [-0.2, 0) is 14.4 Å². The predicted molar refractivity (Wildman–Crippen MR) is 134 cm³/mol. The summed E-state index contributed by atoms with van der Waals surface area (Å²) in [5.41, 5.74) is 11.2. The van der Waals surface area contributed by atoms with Crippen LogP contribution >= 0.6 is 36.6 Å². The highest BCUT2D eigenvalue weighted by atomic mass is 35.5. The molecule has 0 bridgehead atoms. The molecule has 1 amide bonds. The van der Waals surface area contributed by atoms with Crippen LogP contribution in [0.25, 0.3) is 0 Å². The smallest absolute Gasteiger partial charge is 0.238 e. The highest BCUT2D eigenvalue weighted by molar-refractivity contribution is 8.02. The average molecular weight is 512 g/mol. The Bertz CT molecular complexity index is 741. The molecule has 3 atom stereocenters. The van der Waals surface area contributed by atoms with E-state index in [0.717, 1.165) is 12.8 Å². The molecule has 2 rings (SSSR count). The summed E-state index contributed by atoms with van der Waals surface area (Å²) in [4.78, 5) is 41.5. The highest BCUT2D eigenvalue weighted by Gasteiger charge is 2.55. The molecular weight excluding hydrogens is 475 g/mol. The Hall–Kier alpha value is -1.29. The summed E-state index contributed by atoms with van der Waals surface area (Å²) in [5, 5.41) is 6.44. The van der Waals surface area contributed by atoms with Crippen LogP contribution in [0.5, 0.6) is 0 Å². The molecule has 1 unspecified atom stereocenters. The molecule has 2 saturated heterocycles. The van der Waals surface area contributed by atoms with Crippen LogP contribution in [-0.4, -0.2) is 70.5 Å². The van der Waals surface area contributed by atoms with Crippen LogP contribution in [0.1, 0.15) is 47.0 Å². The van der Waals surface area contributed by atoms with E-state index < -0.39 is 17.1 Å². The van der Waals surface area contributed by atoms with E-state index >= 15 is 0 Å². The van der Waals surface area contributed by atoms with Gasteiger partial charge in [0.1, 0.15) is 17.2 Å². The summed E-state index contributed by atoms with van der Waals surface area (Å²) in [7, 11) is 0. The number of amides is 1. The molecule has 6 N–H and O–H groups in total. The summed E-state index contributed by atoms with van der Waals surface area (Å²) in [6.07, 6.45) is 2.04. The van der Waals surface area contributed by atoms with Crippen molar-refractivity contribution in [1.29, 1.82) is 0 Å². The largest absolute Gasteiger partial charge is 0.370 e. The maximum Gasteiger partial charge on any atom is 0.238 e. The molecule has 2 fully saturated rings. The van der Waals surface area contributed by atoms with Crippen molar-refractivity contribution in [3.8, 4) is 0 Å². The summed E-state index contributed by atoms with van der Waals surface area (Å²) in [6, 6.07) is -1.17. The van der Waals surface area contributed by atoms with Gasteiger partial charge in [0.15, 0.2) is 5.96 Å². The van der Waals surface area contributed by atoms with Crippen LogP contribution in [0.3, 0.4) is 0 Å². The van der Waals surface area contributed by atoms with Gasteiger partial charge in [-0.05, 0) is 32.6 Å².